The molecule has 1 rings (SSSR count). The van der Waals surface area contributed by atoms with E-state index >= 15 is 0 Å². The first kappa shape index (κ1) is 12.1. The van der Waals surface area contributed by atoms with Gasteiger partial charge in [-0.25, -0.2) is 0 Å². The normalized spacial score (nSPS) is 11.2. The fourth-order valence-electron chi connectivity index (χ4n) is 1.21. The molecule has 16 heavy (non-hydrogen) atoms. The number of rotatable bonds is 5. The number of ether oxygens (including phenoxy) is 1. The van der Waals surface area contributed by atoms with Crippen LogP contribution in [-0.2, 0) is 4.79 Å². The smallest absolute Gasteiger partial charge is 0.258 e. The fourth-order valence-corrected chi connectivity index (χ4v) is 1.21. The topological polar surface area (TPSA) is 38.3 Å². The number of terminal acetylenes is 1. The second kappa shape index (κ2) is 6.52. The molecule has 3 heteroatoms. The standard InChI is InChI=1S/C13H15NO2/c1-3-7-11(2)14-13(15)10-16-12-8-5-4-6-9-12/h1,4-6,8-9,11H,7,10H2,2H3,(H,14,15). The molecular formula is C13H15NO2. The molecule has 0 saturated carbocycles. The summed E-state index contributed by atoms with van der Waals surface area (Å²) < 4.78 is 5.28. The Hall–Kier alpha value is -1.95. The van der Waals surface area contributed by atoms with Crippen molar-refractivity contribution in [1.29, 1.82) is 0 Å². The number of para-hydroxylation sites is 1. The van der Waals surface area contributed by atoms with Crippen molar-refractivity contribution in [2.24, 2.45) is 0 Å². The van der Waals surface area contributed by atoms with Gasteiger partial charge in [-0.2, -0.15) is 0 Å². The lowest BCUT2D eigenvalue weighted by atomic mass is 10.2. The molecule has 0 spiro atoms. The first-order valence-electron chi connectivity index (χ1n) is 5.13. The predicted octanol–water partition coefficient (Wildman–Crippen LogP) is 1.59. The Morgan fingerprint density at radius 3 is 2.81 bits per heavy atom. The Labute approximate surface area is 95.8 Å². The highest BCUT2D eigenvalue weighted by atomic mass is 16.5. The second-order valence-corrected chi connectivity index (χ2v) is 3.48. The number of hydrogen-bond donors (Lipinski definition) is 1. The molecule has 0 aromatic heterocycles. The van der Waals surface area contributed by atoms with E-state index in [2.05, 4.69) is 11.2 Å². The predicted molar refractivity (Wildman–Crippen MR) is 63.0 cm³/mol. The molecule has 1 amide bonds. The van der Waals surface area contributed by atoms with Crippen LogP contribution in [-0.4, -0.2) is 18.6 Å². The van der Waals surface area contributed by atoms with Crippen LogP contribution in [0.1, 0.15) is 13.3 Å². The van der Waals surface area contributed by atoms with Crippen LogP contribution in [0, 0.1) is 12.3 Å². The molecule has 0 bridgehead atoms. The van der Waals surface area contributed by atoms with Crippen LogP contribution in [0.2, 0.25) is 0 Å². The molecule has 1 atom stereocenters. The van der Waals surface area contributed by atoms with Crippen molar-refractivity contribution in [3.05, 3.63) is 30.3 Å². The Balaban J connectivity index is 2.28. The molecule has 1 N–H and O–H groups in total. The Morgan fingerprint density at radius 2 is 2.19 bits per heavy atom. The minimum Gasteiger partial charge on any atom is -0.484 e. The summed E-state index contributed by atoms with van der Waals surface area (Å²) in [6.07, 6.45) is 5.66. The number of nitrogens with one attached hydrogen (secondary N) is 1. The molecule has 0 radical (unpaired) electrons. The van der Waals surface area contributed by atoms with Crippen LogP contribution < -0.4 is 10.1 Å². The average molecular weight is 217 g/mol. The van der Waals surface area contributed by atoms with E-state index in [4.69, 9.17) is 11.2 Å². The zero-order chi connectivity index (χ0) is 11.8. The van der Waals surface area contributed by atoms with E-state index in [0.29, 0.717) is 12.2 Å². The van der Waals surface area contributed by atoms with Crippen molar-refractivity contribution in [3.8, 4) is 18.1 Å². The van der Waals surface area contributed by atoms with E-state index in [-0.39, 0.29) is 18.6 Å². The van der Waals surface area contributed by atoms with Crippen LogP contribution in [0.3, 0.4) is 0 Å². The summed E-state index contributed by atoms with van der Waals surface area (Å²) in [5.74, 6) is 3.01. The summed E-state index contributed by atoms with van der Waals surface area (Å²) in [6, 6.07) is 9.19. The molecule has 3 nitrogen and oxygen atoms in total. The lowest BCUT2D eigenvalue weighted by molar-refractivity contribution is -0.123. The van der Waals surface area contributed by atoms with Crippen molar-refractivity contribution in [3.63, 3.8) is 0 Å². The highest BCUT2D eigenvalue weighted by molar-refractivity contribution is 5.77. The highest BCUT2D eigenvalue weighted by Gasteiger charge is 2.06. The first-order chi connectivity index (χ1) is 7.72. The van der Waals surface area contributed by atoms with Crippen molar-refractivity contribution in [1.82, 2.24) is 5.32 Å². The maximum Gasteiger partial charge on any atom is 0.258 e. The van der Waals surface area contributed by atoms with Gasteiger partial charge in [-0.15, -0.1) is 12.3 Å². The van der Waals surface area contributed by atoms with Gasteiger partial charge in [-0.05, 0) is 19.1 Å². The van der Waals surface area contributed by atoms with Crippen LogP contribution in [0.4, 0.5) is 0 Å². The highest BCUT2D eigenvalue weighted by Crippen LogP contribution is 2.07. The number of amides is 1. The molecule has 84 valence electrons. The third-order valence-electron chi connectivity index (χ3n) is 1.94. The van der Waals surface area contributed by atoms with Gasteiger partial charge in [0.15, 0.2) is 6.61 Å². The molecule has 1 unspecified atom stereocenters. The fraction of sp³-hybridized carbons (Fsp3) is 0.308. The average Bonchev–Trinajstić information content (AvgIpc) is 2.28. The quantitative estimate of drug-likeness (QED) is 0.761. The minimum atomic E-state index is -0.161. The van der Waals surface area contributed by atoms with Gasteiger partial charge in [-0.1, -0.05) is 18.2 Å². The summed E-state index contributed by atoms with van der Waals surface area (Å²) in [6.45, 7) is 1.87. The van der Waals surface area contributed by atoms with E-state index in [1.165, 1.54) is 0 Å². The third kappa shape index (κ3) is 4.52. The van der Waals surface area contributed by atoms with Crippen LogP contribution in [0.15, 0.2) is 30.3 Å². The molecule has 0 saturated heterocycles. The monoisotopic (exact) mass is 217 g/mol. The van der Waals surface area contributed by atoms with Crippen molar-refractivity contribution in [2.75, 3.05) is 6.61 Å². The second-order valence-electron chi connectivity index (χ2n) is 3.48. The molecular weight excluding hydrogens is 202 g/mol. The van der Waals surface area contributed by atoms with Gasteiger partial charge >= 0.3 is 0 Å². The zero-order valence-corrected chi connectivity index (χ0v) is 9.27. The number of benzene rings is 1. The van der Waals surface area contributed by atoms with E-state index in [0.717, 1.165) is 0 Å². The number of carbonyl (C=O) groups is 1. The lowest BCUT2D eigenvalue weighted by Crippen LogP contribution is -2.35. The maximum atomic E-state index is 11.4. The lowest BCUT2D eigenvalue weighted by Gasteiger charge is -2.11. The van der Waals surface area contributed by atoms with Gasteiger partial charge in [0.1, 0.15) is 5.75 Å². The largest absolute Gasteiger partial charge is 0.484 e. The molecule has 1 aromatic rings. The van der Waals surface area contributed by atoms with Gasteiger partial charge < -0.3 is 10.1 Å². The Kier molecular flexibility index (Phi) is 4.94. The third-order valence-corrected chi connectivity index (χ3v) is 1.94. The summed E-state index contributed by atoms with van der Waals surface area (Å²) in [5, 5.41) is 2.74. The summed E-state index contributed by atoms with van der Waals surface area (Å²) in [4.78, 5) is 11.4. The summed E-state index contributed by atoms with van der Waals surface area (Å²) >= 11 is 0. The van der Waals surface area contributed by atoms with Gasteiger partial charge in [0.25, 0.3) is 5.91 Å². The van der Waals surface area contributed by atoms with E-state index in [1.807, 2.05) is 25.1 Å². The zero-order valence-electron chi connectivity index (χ0n) is 9.27. The Morgan fingerprint density at radius 1 is 1.50 bits per heavy atom. The molecule has 0 aliphatic rings. The molecule has 0 heterocycles. The van der Waals surface area contributed by atoms with Crippen LogP contribution in [0.25, 0.3) is 0 Å². The van der Waals surface area contributed by atoms with Gasteiger partial charge in [0.2, 0.25) is 0 Å². The molecule has 0 aliphatic heterocycles. The maximum absolute atomic E-state index is 11.4. The molecule has 1 aromatic carbocycles. The SMILES string of the molecule is C#CCC(C)NC(=O)COc1ccccc1. The Bertz CT molecular complexity index is 367. The van der Waals surface area contributed by atoms with Crippen LogP contribution >= 0.6 is 0 Å². The molecule has 0 aliphatic carbocycles. The minimum absolute atomic E-state index is 0.0128. The van der Waals surface area contributed by atoms with E-state index in [1.54, 1.807) is 12.1 Å². The van der Waals surface area contributed by atoms with Crippen molar-refractivity contribution < 1.29 is 9.53 Å². The first-order valence-corrected chi connectivity index (χ1v) is 5.13. The van der Waals surface area contributed by atoms with E-state index in [9.17, 15) is 4.79 Å². The van der Waals surface area contributed by atoms with Crippen molar-refractivity contribution >= 4 is 5.91 Å². The number of carbonyl (C=O) groups excluding carboxylic acids is 1. The van der Waals surface area contributed by atoms with Gasteiger partial charge in [-0.3, -0.25) is 4.79 Å². The van der Waals surface area contributed by atoms with Crippen LogP contribution in [0.5, 0.6) is 5.75 Å². The van der Waals surface area contributed by atoms with Crippen molar-refractivity contribution in [2.45, 2.75) is 19.4 Å². The summed E-state index contributed by atoms with van der Waals surface area (Å²) in [5.41, 5.74) is 0. The molecule has 0 fully saturated rings. The van der Waals surface area contributed by atoms with Gasteiger partial charge in [0, 0.05) is 12.5 Å². The van der Waals surface area contributed by atoms with Gasteiger partial charge in [0.05, 0.1) is 0 Å². The number of hydrogen-bond acceptors (Lipinski definition) is 2. The van der Waals surface area contributed by atoms with E-state index < -0.39 is 0 Å². The summed E-state index contributed by atoms with van der Waals surface area (Å²) in [7, 11) is 0.